The Labute approximate surface area is 137 Å². The van der Waals surface area contributed by atoms with Crippen molar-refractivity contribution in [2.24, 2.45) is 0 Å². The lowest BCUT2D eigenvalue weighted by atomic mass is 10.3. The van der Waals surface area contributed by atoms with E-state index in [1.165, 1.54) is 0 Å². The maximum Gasteiger partial charge on any atom is 0.434 e. The van der Waals surface area contributed by atoms with E-state index < -0.39 is 11.9 Å². The van der Waals surface area contributed by atoms with Gasteiger partial charge in [0.05, 0.1) is 13.1 Å². The van der Waals surface area contributed by atoms with Crippen LogP contribution in [0.1, 0.15) is 24.0 Å². The monoisotopic (exact) mass is 350 g/mol. The van der Waals surface area contributed by atoms with Crippen LogP contribution in [0.3, 0.4) is 0 Å². The Morgan fingerprint density at radius 2 is 1.96 bits per heavy atom. The highest BCUT2D eigenvalue weighted by molar-refractivity contribution is 7.09. The molecule has 0 radical (unpaired) electrons. The second-order valence-electron chi connectivity index (χ2n) is 5.53. The Hall–Kier alpha value is -1.19. The van der Waals surface area contributed by atoms with E-state index in [1.54, 1.807) is 0 Å². The van der Waals surface area contributed by atoms with Gasteiger partial charge in [0.25, 0.3) is 0 Å². The quantitative estimate of drug-likeness (QED) is 0.850. The fraction of sp³-hybridized carbons (Fsp3) is 0.714. The van der Waals surface area contributed by atoms with Gasteiger partial charge in [-0.1, -0.05) is 6.92 Å². The summed E-state index contributed by atoms with van der Waals surface area (Å²) in [6.07, 6.45) is -3.47. The highest BCUT2D eigenvalue weighted by atomic mass is 32.1. The molecule has 1 aliphatic heterocycles. The molecule has 1 aromatic heterocycles. The van der Waals surface area contributed by atoms with E-state index in [2.05, 4.69) is 20.1 Å². The van der Waals surface area contributed by atoms with Crippen LogP contribution in [0.5, 0.6) is 0 Å². The molecule has 0 unspecified atom stereocenters. The Morgan fingerprint density at radius 3 is 2.52 bits per heavy atom. The topological polar surface area (TPSA) is 48.5 Å². The minimum atomic E-state index is -4.38. The van der Waals surface area contributed by atoms with Gasteiger partial charge in [-0.25, -0.2) is 4.98 Å². The molecule has 1 N–H and O–H groups in total. The zero-order valence-electron chi connectivity index (χ0n) is 13.0. The summed E-state index contributed by atoms with van der Waals surface area (Å²) in [5.74, 6) is 0.0232. The maximum absolute atomic E-state index is 12.5. The number of carbonyl (C=O) groups excluding carboxylic acids is 1. The molecular weight excluding hydrogens is 329 g/mol. The first-order chi connectivity index (χ1) is 10.9. The van der Waals surface area contributed by atoms with E-state index in [-0.39, 0.29) is 5.91 Å². The third-order valence-corrected chi connectivity index (χ3v) is 4.44. The number of alkyl halides is 3. The molecule has 0 saturated carbocycles. The summed E-state index contributed by atoms with van der Waals surface area (Å²) in [5.41, 5.74) is -0.816. The molecule has 2 rings (SSSR count). The molecule has 9 heteroatoms. The van der Waals surface area contributed by atoms with Gasteiger partial charge in [0.1, 0.15) is 5.01 Å². The number of hydrogen-bond acceptors (Lipinski definition) is 5. The Balaban J connectivity index is 1.74. The van der Waals surface area contributed by atoms with Crippen LogP contribution in [0.2, 0.25) is 0 Å². The lowest BCUT2D eigenvalue weighted by molar-refractivity contribution is -0.140. The highest BCUT2D eigenvalue weighted by Crippen LogP contribution is 2.30. The summed E-state index contributed by atoms with van der Waals surface area (Å²) in [6, 6.07) is 0. The van der Waals surface area contributed by atoms with Crippen molar-refractivity contribution in [1.29, 1.82) is 0 Å². The van der Waals surface area contributed by atoms with E-state index in [0.29, 0.717) is 24.6 Å². The summed E-state index contributed by atoms with van der Waals surface area (Å²) >= 11 is 1.04. The van der Waals surface area contributed by atoms with Gasteiger partial charge < -0.3 is 5.32 Å². The molecule has 1 aliphatic rings. The molecular formula is C14H21F3N4OS. The molecule has 23 heavy (non-hydrogen) atoms. The summed E-state index contributed by atoms with van der Waals surface area (Å²) in [6.45, 7) is 6.41. The van der Waals surface area contributed by atoms with Gasteiger partial charge in [-0.2, -0.15) is 13.2 Å². The number of aromatic nitrogens is 1. The Morgan fingerprint density at radius 1 is 1.30 bits per heavy atom. The molecule has 0 aromatic carbocycles. The minimum Gasteiger partial charge on any atom is -0.355 e. The van der Waals surface area contributed by atoms with Crippen LogP contribution in [0.15, 0.2) is 5.38 Å². The van der Waals surface area contributed by atoms with Crippen molar-refractivity contribution in [3.63, 3.8) is 0 Å². The molecule has 5 nitrogen and oxygen atoms in total. The first kappa shape index (κ1) is 18.2. The number of nitrogens with zero attached hydrogens (tertiary/aromatic N) is 3. The Bertz CT molecular complexity index is 512. The van der Waals surface area contributed by atoms with Gasteiger partial charge in [0.15, 0.2) is 5.69 Å². The van der Waals surface area contributed by atoms with Gasteiger partial charge >= 0.3 is 6.18 Å². The molecule has 1 aromatic rings. The summed E-state index contributed by atoms with van der Waals surface area (Å²) in [5, 5.41) is 4.38. The molecule has 130 valence electrons. The van der Waals surface area contributed by atoms with E-state index in [1.807, 2.05) is 6.92 Å². The molecule has 0 bridgehead atoms. The summed E-state index contributed by atoms with van der Waals surface area (Å²) < 4.78 is 37.6. The SMILES string of the molecule is CCCNC(=O)CN1CCN(Cc2nc(C(F)(F)F)cs2)CC1. The van der Waals surface area contributed by atoms with Crippen molar-refractivity contribution < 1.29 is 18.0 Å². The normalized spacial score (nSPS) is 17.4. The largest absolute Gasteiger partial charge is 0.434 e. The number of nitrogens with one attached hydrogen (secondary N) is 1. The van der Waals surface area contributed by atoms with Crippen LogP contribution in [-0.2, 0) is 17.5 Å². The van der Waals surface area contributed by atoms with E-state index >= 15 is 0 Å². The van der Waals surface area contributed by atoms with Crippen molar-refractivity contribution >= 4 is 17.2 Å². The van der Waals surface area contributed by atoms with Crippen LogP contribution in [0, 0.1) is 0 Å². The lowest BCUT2D eigenvalue weighted by Gasteiger charge is -2.33. The zero-order valence-corrected chi connectivity index (χ0v) is 13.8. The number of thiazole rings is 1. The highest BCUT2D eigenvalue weighted by Gasteiger charge is 2.33. The predicted molar refractivity (Wildman–Crippen MR) is 82.1 cm³/mol. The van der Waals surface area contributed by atoms with Gasteiger partial charge in [-0.3, -0.25) is 14.6 Å². The molecule has 1 fully saturated rings. The predicted octanol–water partition coefficient (Wildman–Crippen LogP) is 1.81. The fourth-order valence-corrected chi connectivity index (χ4v) is 3.18. The van der Waals surface area contributed by atoms with Crippen molar-refractivity contribution in [2.45, 2.75) is 26.1 Å². The second-order valence-corrected chi connectivity index (χ2v) is 6.47. The van der Waals surface area contributed by atoms with Crippen molar-refractivity contribution in [2.75, 3.05) is 39.3 Å². The van der Waals surface area contributed by atoms with Gasteiger partial charge in [-0.15, -0.1) is 11.3 Å². The fourth-order valence-electron chi connectivity index (χ4n) is 2.33. The standard InChI is InChI=1S/C14H21F3N4OS/c1-2-3-18-12(22)8-20-4-6-21(7-5-20)9-13-19-11(10-23-13)14(15,16)17/h10H,2-9H2,1H3,(H,18,22). The number of rotatable bonds is 6. The number of amides is 1. The van der Waals surface area contributed by atoms with Crippen LogP contribution < -0.4 is 5.32 Å². The molecule has 1 saturated heterocycles. The van der Waals surface area contributed by atoms with Gasteiger partial charge in [0.2, 0.25) is 5.91 Å². The van der Waals surface area contributed by atoms with Crippen LogP contribution in [0.25, 0.3) is 0 Å². The number of hydrogen-bond donors (Lipinski definition) is 1. The number of halogens is 3. The van der Waals surface area contributed by atoms with Crippen molar-refractivity contribution in [1.82, 2.24) is 20.1 Å². The summed E-state index contributed by atoms with van der Waals surface area (Å²) in [4.78, 5) is 19.4. The van der Waals surface area contributed by atoms with Crippen molar-refractivity contribution in [3.8, 4) is 0 Å². The van der Waals surface area contributed by atoms with E-state index in [0.717, 1.165) is 49.3 Å². The second kappa shape index (κ2) is 8.07. The van der Waals surface area contributed by atoms with Gasteiger partial charge in [-0.05, 0) is 6.42 Å². The van der Waals surface area contributed by atoms with Crippen LogP contribution >= 0.6 is 11.3 Å². The maximum atomic E-state index is 12.5. The average molecular weight is 350 g/mol. The minimum absolute atomic E-state index is 0.0232. The Kier molecular flexibility index (Phi) is 6.37. The zero-order chi connectivity index (χ0) is 16.9. The van der Waals surface area contributed by atoms with Crippen LogP contribution in [0.4, 0.5) is 13.2 Å². The third-order valence-electron chi connectivity index (χ3n) is 3.61. The molecule has 0 aliphatic carbocycles. The summed E-state index contributed by atoms with van der Waals surface area (Å²) in [7, 11) is 0. The van der Waals surface area contributed by atoms with E-state index in [9.17, 15) is 18.0 Å². The smallest absolute Gasteiger partial charge is 0.355 e. The third kappa shape index (κ3) is 5.74. The average Bonchev–Trinajstić information content (AvgIpc) is 2.96. The van der Waals surface area contributed by atoms with Gasteiger partial charge in [0, 0.05) is 38.1 Å². The van der Waals surface area contributed by atoms with Crippen molar-refractivity contribution in [3.05, 3.63) is 16.1 Å². The van der Waals surface area contributed by atoms with Crippen LogP contribution in [-0.4, -0.2) is 60.0 Å². The first-order valence-corrected chi connectivity index (χ1v) is 8.49. The molecule has 0 spiro atoms. The molecule has 1 amide bonds. The number of piperazine rings is 1. The first-order valence-electron chi connectivity index (χ1n) is 7.61. The lowest BCUT2D eigenvalue weighted by Crippen LogP contribution is -2.49. The molecule has 0 atom stereocenters. The number of carbonyl (C=O) groups is 1. The molecule has 2 heterocycles. The van der Waals surface area contributed by atoms with E-state index in [4.69, 9.17) is 0 Å².